The molecule has 1 unspecified atom stereocenters. The minimum atomic E-state index is -0.342. The second-order valence-corrected chi connectivity index (χ2v) is 5.92. The number of nitrogens with zero attached hydrogens (tertiary/aromatic N) is 2. The van der Waals surface area contributed by atoms with Crippen molar-refractivity contribution >= 4 is 23.2 Å². The maximum atomic E-state index is 12.0. The molecule has 1 rings (SSSR count). The van der Waals surface area contributed by atoms with Crippen molar-refractivity contribution in [3.63, 3.8) is 0 Å². The summed E-state index contributed by atoms with van der Waals surface area (Å²) in [5.74, 6) is -0.701. The first-order valence-electron chi connectivity index (χ1n) is 6.83. The minimum Gasteiger partial charge on any atom is -0.469 e. The summed E-state index contributed by atoms with van der Waals surface area (Å²) < 4.78 is 6.31. The van der Waals surface area contributed by atoms with Crippen LogP contribution in [0.4, 0.5) is 0 Å². The molecule has 0 aliphatic rings. The number of ether oxygens (including phenoxy) is 1. The number of methoxy groups -OCH3 is 1. The van der Waals surface area contributed by atoms with E-state index in [-0.39, 0.29) is 22.7 Å². The first kappa shape index (κ1) is 17.4. The Balaban J connectivity index is 2.40. The number of hydrogen-bond acceptors (Lipinski definition) is 5. The Morgan fingerprint density at radius 3 is 2.67 bits per heavy atom. The summed E-state index contributed by atoms with van der Waals surface area (Å²) in [6, 6.07) is 0. The number of aryl methyl sites for hydroxylation is 1. The van der Waals surface area contributed by atoms with Gasteiger partial charge in [0.05, 0.1) is 13.0 Å². The monoisotopic (exact) mass is 314 g/mol. The van der Waals surface area contributed by atoms with Gasteiger partial charge in [-0.2, -0.15) is 0 Å². The number of aromatic nitrogens is 1. The summed E-state index contributed by atoms with van der Waals surface area (Å²) in [6.07, 6.45) is 0.958. The van der Waals surface area contributed by atoms with Crippen LogP contribution in [0.25, 0.3) is 0 Å². The highest BCUT2D eigenvalue weighted by Crippen LogP contribution is 2.06. The predicted octanol–water partition coefficient (Wildman–Crippen LogP) is 1.27. The number of carbonyl (C=O) groups is 2. The highest BCUT2D eigenvalue weighted by molar-refractivity contribution is 7.07. The van der Waals surface area contributed by atoms with Crippen molar-refractivity contribution in [3.8, 4) is 0 Å². The van der Waals surface area contributed by atoms with Gasteiger partial charge >= 0.3 is 10.8 Å². The lowest BCUT2D eigenvalue weighted by molar-refractivity contribution is -0.146. The molecule has 118 valence electrons. The molecule has 0 aliphatic heterocycles. The van der Waals surface area contributed by atoms with Gasteiger partial charge < -0.3 is 14.2 Å². The first-order valence-corrected chi connectivity index (χ1v) is 7.71. The van der Waals surface area contributed by atoms with Gasteiger partial charge in [0.2, 0.25) is 5.91 Å². The van der Waals surface area contributed by atoms with Gasteiger partial charge in [-0.3, -0.25) is 14.4 Å². The predicted molar refractivity (Wildman–Crippen MR) is 81.4 cm³/mol. The summed E-state index contributed by atoms with van der Waals surface area (Å²) in [6.45, 7) is 4.48. The molecule has 0 radical (unpaired) electrons. The lowest BCUT2D eigenvalue weighted by Gasteiger charge is -2.20. The molecule has 0 N–H and O–H groups in total. The second-order valence-electron chi connectivity index (χ2n) is 5.10. The maximum Gasteiger partial charge on any atom is 0.310 e. The number of rotatable bonds is 7. The van der Waals surface area contributed by atoms with Crippen molar-refractivity contribution < 1.29 is 14.3 Å². The topological polar surface area (TPSA) is 68.6 Å². The summed E-state index contributed by atoms with van der Waals surface area (Å²) in [4.78, 5) is 36.4. The van der Waals surface area contributed by atoms with E-state index in [2.05, 4.69) is 4.74 Å². The van der Waals surface area contributed by atoms with Crippen LogP contribution in [0.1, 0.15) is 25.5 Å². The molecule has 1 heterocycles. The molecule has 0 aliphatic carbocycles. The Bertz CT molecular complexity index is 549. The fraction of sp³-hybridized carbons (Fsp3) is 0.643. The Morgan fingerprint density at radius 2 is 2.14 bits per heavy atom. The van der Waals surface area contributed by atoms with Crippen LogP contribution in [0.2, 0.25) is 0 Å². The summed E-state index contributed by atoms with van der Waals surface area (Å²) in [5, 5.41) is 1.81. The third-order valence-electron chi connectivity index (χ3n) is 3.33. The van der Waals surface area contributed by atoms with Crippen LogP contribution in [0.5, 0.6) is 0 Å². The molecule has 0 bridgehead atoms. The molecular formula is C14H22N2O4S. The van der Waals surface area contributed by atoms with Crippen molar-refractivity contribution in [1.82, 2.24) is 9.47 Å². The molecule has 0 saturated carbocycles. The van der Waals surface area contributed by atoms with Gasteiger partial charge in [-0.25, -0.2) is 0 Å². The van der Waals surface area contributed by atoms with Crippen molar-refractivity contribution in [2.75, 3.05) is 20.7 Å². The van der Waals surface area contributed by atoms with Crippen molar-refractivity contribution in [2.45, 2.75) is 33.2 Å². The van der Waals surface area contributed by atoms with Gasteiger partial charge in [0.1, 0.15) is 0 Å². The molecular weight excluding hydrogens is 292 g/mol. The van der Waals surface area contributed by atoms with Crippen LogP contribution in [0.3, 0.4) is 0 Å². The van der Waals surface area contributed by atoms with Gasteiger partial charge in [0.25, 0.3) is 0 Å². The van der Waals surface area contributed by atoms with Crippen molar-refractivity contribution in [2.24, 2.45) is 5.92 Å². The maximum absolute atomic E-state index is 12.0. The summed E-state index contributed by atoms with van der Waals surface area (Å²) in [5.41, 5.74) is 0.921. The molecule has 6 nitrogen and oxygen atoms in total. The Morgan fingerprint density at radius 1 is 1.48 bits per heavy atom. The number of amides is 1. The highest BCUT2D eigenvalue weighted by atomic mass is 32.1. The van der Waals surface area contributed by atoms with E-state index in [0.29, 0.717) is 25.9 Å². The molecule has 0 fully saturated rings. The van der Waals surface area contributed by atoms with Gasteiger partial charge in [0, 0.05) is 37.6 Å². The molecule has 1 aromatic heterocycles. The van der Waals surface area contributed by atoms with E-state index in [1.807, 2.05) is 12.3 Å². The average Bonchev–Trinajstić information content (AvgIpc) is 2.77. The summed E-state index contributed by atoms with van der Waals surface area (Å²) in [7, 11) is 3.01. The van der Waals surface area contributed by atoms with E-state index in [1.165, 1.54) is 23.3 Å². The zero-order valence-corrected chi connectivity index (χ0v) is 13.7. The normalized spacial score (nSPS) is 12.0. The molecule has 7 heteroatoms. The van der Waals surface area contributed by atoms with E-state index in [0.717, 1.165) is 5.69 Å². The third kappa shape index (κ3) is 5.00. The lowest BCUT2D eigenvalue weighted by atomic mass is 10.1. The van der Waals surface area contributed by atoms with Gasteiger partial charge in [-0.15, -0.1) is 0 Å². The number of hydrogen-bond donors (Lipinski definition) is 0. The van der Waals surface area contributed by atoms with E-state index >= 15 is 0 Å². The number of esters is 1. The van der Waals surface area contributed by atoms with Crippen LogP contribution in [-0.4, -0.2) is 42.0 Å². The Hall–Kier alpha value is -1.63. The van der Waals surface area contributed by atoms with Crippen LogP contribution in [0, 0.1) is 12.8 Å². The fourth-order valence-electron chi connectivity index (χ4n) is 2.04. The lowest BCUT2D eigenvalue weighted by Crippen LogP contribution is -2.34. The number of carbonyl (C=O) groups excluding carboxylic acids is 2. The molecule has 21 heavy (non-hydrogen) atoms. The molecule has 0 spiro atoms. The van der Waals surface area contributed by atoms with Crippen molar-refractivity contribution in [3.05, 3.63) is 20.7 Å². The zero-order chi connectivity index (χ0) is 16.0. The quantitative estimate of drug-likeness (QED) is 0.711. The largest absolute Gasteiger partial charge is 0.469 e. The SMILES string of the molecule is COC(=O)C(C)CN(C)C(=O)CCCn1c(C)csc1=O. The van der Waals surface area contributed by atoms with Crippen LogP contribution in [0.15, 0.2) is 10.2 Å². The molecule has 0 aromatic carbocycles. The molecule has 1 aromatic rings. The molecule has 1 atom stereocenters. The molecule has 1 amide bonds. The van der Waals surface area contributed by atoms with E-state index in [1.54, 1.807) is 18.5 Å². The average molecular weight is 314 g/mol. The van der Waals surface area contributed by atoms with E-state index in [4.69, 9.17) is 0 Å². The second kappa shape index (κ2) is 7.97. The number of thiazole rings is 1. The van der Waals surface area contributed by atoms with E-state index < -0.39 is 0 Å². The van der Waals surface area contributed by atoms with Gasteiger partial charge in [-0.05, 0) is 13.3 Å². The fourth-order valence-corrected chi connectivity index (χ4v) is 2.80. The Kier molecular flexibility index (Phi) is 6.61. The van der Waals surface area contributed by atoms with Gasteiger partial charge in [-0.1, -0.05) is 18.3 Å². The molecule has 0 saturated heterocycles. The smallest absolute Gasteiger partial charge is 0.310 e. The van der Waals surface area contributed by atoms with Gasteiger partial charge in [0.15, 0.2) is 0 Å². The van der Waals surface area contributed by atoms with Crippen LogP contribution in [-0.2, 0) is 20.9 Å². The standard InChI is InChI=1S/C14H22N2O4S/c1-10(13(18)20-4)8-15(3)12(17)6-5-7-16-11(2)9-21-14(16)19/h9-10H,5-8H2,1-4H3. The van der Waals surface area contributed by atoms with Crippen LogP contribution >= 0.6 is 11.3 Å². The highest BCUT2D eigenvalue weighted by Gasteiger charge is 2.18. The van der Waals surface area contributed by atoms with Crippen molar-refractivity contribution in [1.29, 1.82) is 0 Å². The Labute approximate surface area is 128 Å². The third-order valence-corrected chi connectivity index (χ3v) is 4.21. The van der Waals surface area contributed by atoms with E-state index in [9.17, 15) is 14.4 Å². The zero-order valence-electron chi connectivity index (χ0n) is 12.9. The first-order chi connectivity index (χ1) is 9.86. The van der Waals surface area contributed by atoms with Crippen LogP contribution < -0.4 is 4.87 Å². The minimum absolute atomic E-state index is 0.00705. The summed E-state index contributed by atoms with van der Waals surface area (Å²) >= 11 is 1.17.